The van der Waals surface area contributed by atoms with Crippen molar-refractivity contribution < 1.29 is 14.3 Å². The minimum absolute atomic E-state index is 0.230. The Balaban J connectivity index is 1.79. The highest BCUT2D eigenvalue weighted by Gasteiger charge is 2.08. The quantitative estimate of drug-likeness (QED) is 0.243. The van der Waals surface area contributed by atoms with Crippen LogP contribution in [0.15, 0.2) is 48.5 Å². The van der Waals surface area contributed by atoms with E-state index in [0.717, 1.165) is 43.4 Å². The molecule has 1 unspecified atom stereocenters. The second-order valence-electron chi connectivity index (χ2n) is 8.06. The molecule has 0 aliphatic rings. The van der Waals surface area contributed by atoms with Gasteiger partial charge in [-0.05, 0) is 55.0 Å². The summed E-state index contributed by atoms with van der Waals surface area (Å²) in [6, 6.07) is 16.3. The minimum Gasteiger partial charge on any atom is -0.462 e. The van der Waals surface area contributed by atoms with Crippen LogP contribution in [0.2, 0.25) is 0 Å². The van der Waals surface area contributed by atoms with Gasteiger partial charge in [-0.15, -0.1) is 0 Å². The van der Waals surface area contributed by atoms with E-state index in [1.165, 1.54) is 31.2 Å². The number of rotatable bonds is 14. The number of carbonyl (C=O) groups excluding carboxylic acids is 1. The van der Waals surface area contributed by atoms with Gasteiger partial charge in [0.25, 0.3) is 0 Å². The van der Waals surface area contributed by atoms with Crippen molar-refractivity contribution in [3.63, 3.8) is 0 Å². The van der Waals surface area contributed by atoms with Crippen molar-refractivity contribution in [1.29, 1.82) is 0 Å². The first-order chi connectivity index (χ1) is 14.6. The number of hydrogen-bond acceptors (Lipinski definition) is 3. The van der Waals surface area contributed by atoms with Gasteiger partial charge in [0.1, 0.15) is 0 Å². The fourth-order valence-electron chi connectivity index (χ4n) is 3.47. The summed E-state index contributed by atoms with van der Waals surface area (Å²) in [4.78, 5) is 12.2. The molecule has 0 amide bonds. The minimum atomic E-state index is -0.230. The van der Waals surface area contributed by atoms with Crippen LogP contribution in [0.5, 0.6) is 0 Å². The molecule has 0 aromatic heterocycles. The van der Waals surface area contributed by atoms with Gasteiger partial charge in [0, 0.05) is 6.61 Å². The summed E-state index contributed by atoms with van der Waals surface area (Å²) >= 11 is 0. The standard InChI is InChI=1S/C27H38O3/c1-4-6-7-8-9-10-20-30-27(28)26-17-15-25(16-18-26)24-13-11-23(12-14-24)21-22(3)29-19-5-2/h11-18,22H,4-10,19-21H2,1-3H3. The third-order valence-electron chi connectivity index (χ3n) is 5.27. The number of ether oxygens (including phenoxy) is 2. The van der Waals surface area contributed by atoms with Crippen LogP contribution in [0, 0.1) is 0 Å². The second kappa shape index (κ2) is 14.0. The molecule has 1 atom stereocenters. The summed E-state index contributed by atoms with van der Waals surface area (Å²) in [5, 5.41) is 0. The lowest BCUT2D eigenvalue weighted by Crippen LogP contribution is -2.12. The van der Waals surface area contributed by atoms with Crippen LogP contribution in [-0.4, -0.2) is 25.3 Å². The molecule has 0 bridgehead atoms. The number of unbranched alkanes of at least 4 members (excludes halogenated alkanes) is 5. The van der Waals surface area contributed by atoms with Crippen molar-refractivity contribution in [3.05, 3.63) is 59.7 Å². The molecule has 0 aliphatic carbocycles. The lowest BCUT2D eigenvalue weighted by Gasteiger charge is -2.13. The molecule has 2 aromatic rings. The van der Waals surface area contributed by atoms with E-state index >= 15 is 0 Å². The topological polar surface area (TPSA) is 35.5 Å². The molecule has 3 heteroatoms. The number of benzene rings is 2. The van der Waals surface area contributed by atoms with Crippen LogP contribution in [0.1, 0.15) is 81.6 Å². The molecular weight excluding hydrogens is 372 g/mol. The van der Waals surface area contributed by atoms with Crippen LogP contribution in [-0.2, 0) is 15.9 Å². The third-order valence-corrected chi connectivity index (χ3v) is 5.27. The van der Waals surface area contributed by atoms with E-state index in [2.05, 4.69) is 45.0 Å². The Morgan fingerprint density at radius 3 is 2.00 bits per heavy atom. The molecule has 0 N–H and O–H groups in total. The van der Waals surface area contributed by atoms with Gasteiger partial charge < -0.3 is 9.47 Å². The number of hydrogen-bond donors (Lipinski definition) is 0. The Hall–Kier alpha value is -2.13. The lowest BCUT2D eigenvalue weighted by atomic mass is 10.0. The first kappa shape index (κ1) is 24.1. The highest BCUT2D eigenvalue weighted by Crippen LogP contribution is 2.21. The molecule has 2 aromatic carbocycles. The zero-order valence-electron chi connectivity index (χ0n) is 19.0. The van der Waals surface area contributed by atoms with E-state index in [4.69, 9.17) is 9.47 Å². The van der Waals surface area contributed by atoms with Crippen LogP contribution in [0.25, 0.3) is 11.1 Å². The maximum absolute atomic E-state index is 12.2. The van der Waals surface area contributed by atoms with Gasteiger partial charge in [-0.25, -0.2) is 4.79 Å². The van der Waals surface area contributed by atoms with Gasteiger partial charge in [-0.1, -0.05) is 82.3 Å². The van der Waals surface area contributed by atoms with Crippen molar-refractivity contribution in [2.24, 2.45) is 0 Å². The molecule has 30 heavy (non-hydrogen) atoms. The molecule has 0 saturated heterocycles. The van der Waals surface area contributed by atoms with Crippen molar-refractivity contribution >= 4 is 5.97 Å². The maximum Gasteiger partial charge on any atom is 0.338 e. The Morgan fingerprint density at radius 2 is 1.37 bits per heavy atom. The third kappa shape index (κ3) is 8.71. The predicted molar refractivity (Wildman–Crippen MR) is 125 cm³/mol. The van der Waals surface area contributed by atoms with Gasteiger partial charge in [-0.2, -0.15) is 0 Å². The van der Waals surface area contributed by atoms with Crippen LogP contribution in [0.3, 0.4) is 0 Å². The molecule has 0 fully saturated rings. The first-order valence-electron chi connectivity index (χ1n) is 11.6. The molecular formula is C27H38O3. The zero-order valence-corrected chi connectivity index (χ0v) is 19.0. The van der Waals surface area contributed by atoms with Gasteiger partial charge >= 0.3 is 5.97 Å². The molecule has 0 spiro atoms. The Bertz CT molecular complexity index is 719. The van der Waals surface area contributed by atoms with Gasteiger partial charge in [-0.3, -0.25) is 0 Å². The summed E-state index contributed by atoms with van der Waals surface area (Å²) in [7, 11) is 0. The van der Waals surface area contributed by atoms with E-state index in [-0.39, 0.29) is 12.1 Å². The van der Waals surface area contributed by atoms with Gasteiger partial charge in [0.05, 0.1) is 18.3 Å². The molecule has 0 aliphatic heterocycles. The Kier molecular flexibility index (Phi) is 11.2. The average molecular weight is 411 g/mol. The smallest absolute Gasteiger partial charge is 0.338 e. The van der Waals surface area contributed by atoms with E-state index in [1.807, 2.05) is 24.3 Å². The van der Waals surface area contributed by atoms with Crippen LogP contribution in [0.4, 0.5) is 0 Å². The SMILES string of the molecule is CCCCCCCCOC(=O)c1ccc(-c2ccc(CC(C)OCCC)cc2)cc1. The average Bonchev–Trinajstić information content (AvgIpc) is 2.77. The fraction of sp³-hybridized carbons (Fsp3) is 0.519. The Morgan fingerprint density at radius 1 is 0.767 bits per heavy atom. The predicted octanol–water partition coefficient (Wildman–Crippen LogP) is 7.23. The van der Waals surface area contributed by atoms with E-state index in [1.54, 1.807) is 0 Å². The number of esters is 1. The Labute approximate surface area is 182 Å². The zero-order chi connectivity index (χ0) is 21.6. The molecule has 2 rings (SSSR count). The highest BCUT2D eigenvalue weighted by molar-refractivity contribution is 5.90. The van der Waals surface area contributed by atoms with Crippen LogP contribution >= 0.6 is 0 Å². The number of carbonyl (C=O) groups is 1. The largest absolute Gasteiger partial charge is 0.462 e. The molecule has 0 saturated carbocycles. The maximum atomic E-state index is 12.2. The van der Waals surface area contributed by atoms with E-state index in [0.29, 0.717) is 12.2 Å². The van der Waals surface area contributed by atoms with Crippen molar-refractivity contribution in [2.45, 2.75) is 78.2 Å². The van der Waals surface area contributed by atoms with E-state index in [9.17, 15) is 4.79 Å². The van der Waals surface area contributed by atoms with Gasteiger partial charge in [0.2, 0.25) is 0 Å². The lowest BCUT2D eigenvalue weighted by molar-refractivity contribution is 0.0497. The van der Waals surface area contributed by atoms with Crippen LogP contribution < -0.4 is 0 Å². The van der Waals surface area contributed by atoms with Crippen molar-refractivity contribution in [1.82, 2.24) is 0 Å². The summed E-state index contributed by atoms with van der Waals surface area (Å²) in [6.45, 7) is 7.78. The fourth-order valence-corrected chi connectivity index (χ4v) is 3.47. The van der Waals surface area contributed by atoms with Crippen molar-refractivity contribution in [3.8, 4) is 11.1 Å². The van der Waals surface area contributed by atoms with E-state index < -0.39 is 0 Å². The summed E-state index contributed by atoms with van der Waals surface area (Å²) in [5.41, 5.74) is 4.14. The monoisotopic (exact) mass is 410 g/mol. The summed E-state index contributed by atoms with van der Waals surface area (Å²) in [6.07, 6.45) is 9.33. The van der Waals surface area contributed by atoms with Gasteiger partial charge in [0.15, 0.2) is 0 Å². The molecule has 3 nitrogen and oxygen atoms in total. The summed E-state index contributed by atoms with van der Waals surface area (Å²) < 4.78 is 11.2. The van der Waals surface area contributed by atoms with Crippen molar-refractivity contribution in [2.75, 3.05) is 13.2 Å². The molecule has 0 radical (unpaired) electrons. The highest BCUT2D eigenvalue weighted by atomic mass is 16.5. The normalized spacial score (nSPS) is 12.0. The summed E-state index contributed by atoms with van der Waals surface area (Å²) in [5.74, 6) is -0.230. The second-order valence-corrected chi connectivity index (χ2v) is 8.06. The molecule has 164 valence electrons. The first-order valence-corrected chi connectivity index (χ1v) is 11.6. The molecule has 0 heterocycles.